The molecule has 15 heavy (non-hydrogen) atoms. The van der Waals surface area contributed by atoms with E-state index >= 15 is 0 Å². The van der Waals surface area contributed by atoms with Gasteiger partial charge in [-0.3, -0.25) is 4.79 Å². The van der Waals surface area contributed by atoms with Crippen molar-refractivity contribution in [3.8, 4) is 0 Å². The van der Waals surface area contributed by atoms with Crippen LogP contribution in [0.5, 0.6) is 0 Å². The second kappa shape index (κ2) is 6.05. The molecule has 1 heterocycles. The number of nitrogens with one attached hydrogen (secondary N) is 1. The molecule has 3 N–H and O–H groups in total. The van der Waals surface area contributed by atoms with Crippen LogP contribution in [0, 0.1) is 5.92 Å². The van der Waals surface area contributed by atoms with E-state index < -0.39 is 6.10 Å². The third-order valence-corrected chi connectivity index (χ3v) is 2.60. The van der Waals surface area contributed by atoms with Crippen LogP contribution in [0.4, 0.5) is 0 Å². The molecule has 0 aliphatic carbocycles. The summed E-state index contributed by atoms with van der Waals surface area (Å²) in [4.78, 5) is 10.8. The minimum Gasteiger partial charge on any atom is -0.394 e. The number of rotatable bonds is 2. The molecule has 0 aromatic heterocycles. The smallest absolute Gasteiger partial charge is 0.217 e. The normalized spacial score (nSPS) is 35.5. The molecular weight excluding hydrogens is 198 g/mol. The maximum Gasteiger partial charge on any atom is 0.217 e. The largest absolute Gasteiger partial charge is 0.394 e. The van der Waals surface area contributed by atoms with E-state index in [0.717, 1.165) is 0 Å². The highest BCUT2D eigenvalue weighted by Gasteiger charge is 2.36. The second-order valence-corrected chi connectivity index (χ2v) is 3.71. The average molecular weight is 219 g/mol. The third kappa shape index (κ3) is 3.44. The molecule has 1 aliphatic heterocycles. The molecule has 2 unspecified atom stereocenters. The van der Waals surface area contributed by atoms with Crippen molar-refractivity contribution in [1.82, 2.24) is 5.32 Å². The quantitative estimate of drug-likeness (QED) is 0.586. The highest BCUT2D eigenvalue weighted by Crippen LogP contribution is 2.20. The maximum absolute atomic E-state index is 10.8. The highest BCUT2D eigenvalue weighted by molar-refractivity contribution is 5.73. The fourth-order valence-electron chi connectivity index (χ4n) is 1.67. The molecule has 0 spiro atoms. The Labute approximate surface area is 90.4 Å². The highest BCUT2D eigenvalue weighted by atomic mass is 16.5. The lowest BCUT2D eigenvalue weighted by molar-refractivity contribution is -0.135. The molecule has 90 valence electrons. The van der Waals surface area contributed by atoms with Crippen molar-refractivity contribution >= 4 is 5.91 Å². The molecule has 5 nitrogen and oxygen atoms in total. The zero-order valence-corrected chi connectivity index (χ0v) is 8.43. The molecule has 1 amide bonds. The lowest BCUT2D eigenvalue weighted by Crippen LogP contribution is -2.56. The van der Waals surface area contributed by atoms with Gasteiger partial charge in [0.2, 0.25) is 5.91 Å². The number of carbonyl (C=O) groups excluding carboxylic acids is 1. The maximum atomic E-state index is 10.8. The molecular formula is C10H21NO4. The summed E-state index contributed by atoms with van der Waals surface area (Å²) in [5, 5.41) is 21.3. The Kier molecular flexibility index (Phi) is 5.79. The van der Waals surface area contributed by atoms with Crippen LogP contribution in [0.25, 0.3) is 0 Å². The van der Waals surface area contributed by atoms with E-state index in [-0.39, 0.29) is 44.6 Å². The van der Waals surface area contributed by atoms with Crippen molar-refractivity contribution in [3.05, 3.63) is 0 Å². The summed E-state index contributed by atoms with van der Waals surface area (Å²) in [6.45, 7) is 3.33. The third-order valence-electron chi connectivity index (χ3n) is 2.60. The Bertz CT molecular complexity index is 210. The number of amides is 1. The van der Waals surface area contributed by atoms with E-state index in [9.17, 15) is 9.90 Å². The van der Waals surface area contributed by atoms with Crippen LogP contribution >= 0.6 is 0 Å². The van der Waals surface area contributed by atoms with Crippen LogP contribution in [0.3, 0.4) is 0 Å². The monoisotopic (exact) mass is 219 g/mol. The molecule has 1 aliphatic rings. The lowest BCUT2D eigenvalue weighted by atomic mass is 9.90. The zero-order valence-electron chi connectivity index (χ0n) is 8.43. The number of ether oxygens (including phenoxy) is 1. The summed E-state index contributed by atoms with van der Waals surface area (Å²) in [6, 6.07) is -0.370. The minimum absolute atomic E-state index is 0. The van der Waals surface area contributed by atoms with Crippen LogP contribution in [0.1, 0.15) is 21.3 Å². The second-order valence-electron chi connectivity index (χ2n) is 3.71. The first kappa shape index (κ1) is 14.3. The van der Waals surface area contributed by atoms with Crippen molar-refractivity contribution in [2.24, 2.45) is 5.92 Å². The number of carbonyl (C=O) groups is 1. The van der Waals surface area contributed by atoms with Gasteiger partial charge in [-0.2, -0.15) is 0 Å². The summed E-state index contributed by atoms with van der Waals surface area (Å²) in [6.07, 6.45) is -1.00. The van der Waals surface area contributed by atoms with E-state index in [1.54, 1.807) is 6.92 Å². The number of hydrogen-bond donors (Lipinski definition) is 3. The van der Waals surface area contributed by atoms with Crippen molar-refractivity contribution in [1.29, 1.82) is 0 Å². The van der Waals surface area contributed by atoms with Gasteiger partial charge in [0.1, 0.15) is 0 Å². The molecule has 0 bridgehead atoms. The van der Waals surface area contributed by atoms with Crippen molar-refractivity contribution in [2.45, 2.75) is 39.5 Å². The fourth-order valence-corrected chi connectivity index (χ4v) is 1.67. The minimum atomic E-state index is -0.662. The van der Waals surface area contributed by atoms with Crippen LogP contribution < -0.4 is 5.32 Å². The van der Waals surface area contributed by atoms with E-state index in [1.165, 1.54) is 6.92 Å². The Morgan fingerprint density at radius 3 is 2.67 bits per heavy atom. The van der Waals surface area contributed by atoms with Gasteiger partial charge in [-0.05, 0) is 0 Å². The van der Waals surface area contributed by atoms with Crippen LogP contribution in [-0.2, 0) is 9.53 Å². The van der Waals surface area contributed by atoms with Gasteiger partial charge in [-0.1, -0.05) is 14.4 Å². The molecule has 0 saturated carbocycles. The Hall–Kier alpha value is -0.650. The van der Waals surface area contributed by atoms with Crippen LogP contribution in [0.2, 0.25) is 0 Å². The van der Waals surface area contributed by atoms with Gasteiger partial charge in [0.25, 0.3) is 0 Å². The first-order chi connectivity index (χ1) is 6.56. The van der Waals surface area contributed by atoms with Crippen LogP contribution in [-0.4, -0.2) is 47.6 Å². The molecule has 0 aromatic carbocycles. The summed E-state index contributed by atoms with van der Waals surface area (Å²) in [5.41, 5.74) is 0. The zero-order chi connectivity index (χ0) is 10.7. The Balaban J connectivity index is 0.00000196. The number of hydrogen-bond acceptors (Lipinski definition) is 4. The molecule has 5 heteroatoms. The SMILES string of the molecule is C.CC(=O)NC1COC(CO)[C@@H](C)[C@H]1O. The van der Waals surface area contributed by atoms with Gasteiger partial charge in [-0.15, -0.1) is 0 Å². The van der Waals surface area contributed by atoms with Gasteiger partial charge in [0, 0.05) is 12.8 Å². The molecule has 1 rings (SSSR count). The van der Waals surface area contributed by atoms with E-state index in [2.05, 4.69) is 5.32 Å². The van der Waals surface area contributed by atoms with Crippen molar-refractivity contribution in [3.63, 3.8) is 0 Å². The summed E-state index contributed by atoms with van der Waals surface area (Å²) in [5.74, 6) is -0.363. The first-order valence-electron chi connectivity index (χ1n) is 4.74. The van der Waals surface area contributed by atoms with E-state index in [1.807, 2.05) is 0 Å². The fraction of sp³-hybridized carbons (Fsp3) is 0.900. The molecule has 0 radical (unpaired) electrons. The predicted octanol–water partition coefficient (Wildman–Crippen LogP) is -0.485. The van der Waals surface area contributed by atoms with Crippen molar-refractivity contribution in [2.75, 3.05) is 13.2 Å². The average Bonchev–Trinajstić information content (AvgIpc) is 2.13. The molecule has 0 aromatic rings. The van der Waals surface area contributed by atoms with E-state index in [4.69, 9.17) is 9.84 Å². The Morgan fingerprint density at radius 2 is 2.20 bits per heavy atom. The number of aliphatic hydroxyl groups excluding tert-OH is 2. The van der Waals surface area contributed by atoms with Gasteiger partial charge in [0.15, 0.2) is 0 Å². The molecule has 4 atom stereocenters. The summed E-state index contributed by atoms with van der Waals surface area (Å²) >= 11 is 0. The predicted molar refractivity (Wildman–Crippen MR) is 56.3 cm³/mol. The van der Waals surface area contributed by atoms with Gasteiger partial charge in [0.05, 0.1) is 31.5 Å². The summed E-state index contributed by atoms with van der Waals surface area (Å²) < 4.78 is 5.30. The van der Waals surface area contributed by atoms with E-state index in [0.29, 0.717) is 0 Å². The standard InChI is InChI=1S/C9H17NO4.CH4/c1-5-8(3-11)14-4-7(9(5)13)10-6(2)12;/h5,7-9,11,13H,3-4H2,1-2H3,(H,10,12);1H4/t5-,7?,8?,9-;/m1./s1. The lowest BCUT2D eigenvalue weighted by Gasteiger charge is -2.38. The van der Waals surface area contributed by atoms with Crippen molar-refractivity contribution < 1.29 is 19.7 Å². The van der Waals surface area contributed by atoms with Crippen LogP contribution in [0.15, 0.2) is 0 Å². The topological polar surface area (TPSA) is 78.8 Å². The first-order valence-corrected chi connectivity index (χ1v) is 4.74. The summed E-state index contributed by atoms with van der Waals surface area (Å²) in [7, 11) is 0. The molecule has 1 fully saturated rings. The number of aliphatic hydroxyl groups is 2. The van der Waals surface area contributed by atoms with Gasteiger partial charge in [-0.25, -0.2) is 0 Å². The molecule has 1 saturated heterocycles. The Morgan fingerprint density at radius 1 is 1.60 bits per heavy atom. The van der Waals surface area contributed by atoms with Gasteiger partial charge >= 0.3 is 0 Å². The van der Waals surface area contributed by atoms with Gasteiger partial charge < -0.3 is 20.3 Å².